The number of carbonyl (C=O) groups excluding carboxylic acids is 1. The number of rotatable bonds is 3. The second kappa shape index (κ2) is 4.93. The zero-order valence-electron chi connectivity index (χ0n) is 12.2. The Bertz CT molecular complexity index is 524. The molecule has 4 heteroatoms. The fourth-order valence-electron chi connectivity index (χ4n) is 2.83. The lowest BCUT2D eigenvalue weighted by atomic mass is 9.82. The molecular weight excluding hydrogens is 254 g/mol. The Labute approximate surface area is 119 Å². The van der Waals surface area contributed by atoms with Crippen molar-refractivity contribution in [3.05, 3.63) is 35.9 Å². The molecule has 0 saturated carbocycles. The van der Waals surface area contributed by atoms with E-state index in [4.69, 9.17) is 0 Å². The highest BCUT2D eigenvalue weighted by Crippen LogP contribution is 2.35. The number of hydrogen-bond acceptors (Lipinski definition) is 2. The molecule has 108 valence electrons. The van der Waals surface area contributed by atoms with Gasteiger partial charge in [0.15, 0.2) is 0 Å². The maximum absolute atomic E-state index is 12.9. The van der Waals surface area contributed by atoms with Crippen molar-refractivity contribution in [2.45, 2.75) is 44.6 Å². The van der Waals surface area contributed by atoms with Crippen LogP contribution in [0, 0.1) is 0 Å². The molecule has 1 amide bonds. The van der Waals surface area contributed by atoms with Crippen LogP contribution in [0.4, 0.5) is 0 Å². The molecule has 2 rings (SSSR count). The Hall–Kier alpha value is -1.84. The first-order chi connectivity index (χ1) is 9.30. The van der Waals surface area contributed by atoms with Gasteiger partial charge in [-0.05, 0) is 39.2 Å². The van der Waals surface area contributed by atoms with Gasteiger partial charge in [-0.25, -0.2) is 4.79 Å². The molecule has 1 heterocycles. The number of nitrogens with zero attached hydrogens (tertiary/aromatic N) is 1. The van der Waals surface area contributed by atoms with Gasteiger partial charge in [0.25, 0.3) is 0 Å². The van der Waals surface area contributed by atoms with E-state index in [0.29, 0.717) is 13.0 Å². The smallest absolute Gasteiger partial charge is 0.329 e. The number of carboxylic acid groups (broad SMARTS) is 1. The third-order valence-corrected chi connectivity index (χ3v) is 4.38. The van der Waals surface area contributed by atoms with E-state index in [-0.39, 0.29) is 5.91 Å². The predicted molar refractivity (Wildman–Crippen MR) is 76.5 cm³/mol. The van der Waals surface area contributed by atoms with Crippen LogP contribution in [-0.2, 0) is 15.0 Å². The van der Waals surface area contributed by atoms with Crippen LogP contribution in [0.1, 0.15) is 39.2 Å². The highest BCUT2D eigenvalue weighted by molar-refractivity contribution is 5.93. The number of amides is 1. The number of hydrogen-bond donors (Lipinski definition) is 1. The molecule has 0 bridgehead atoms. The van der Waals surface area contributed by atoms with Gasteiger partial charge in [0.2, 0.25) is 5.91 Å². The summed E-state index contributed by atoms with van der Waals surface area (Å²) in [6.45, 7) is 5.86. The summed E-state index contributed by atoms with van der Waals surface area (Å²) in [4.78, 5) is 25.9. The van der Waals surface area contributed by atoms with Crippen LogP contribution in [-0.4, -0.2) is 34.0 Å². The quantitative estimate of drug-likeness (QED) is 0.921. The molecular formula is C16H21NO3. The number of aliphatic carboxylic acids is 1. The van der Waals surface area contributed by atoms with Crippen LogP contribution < -0.4 is 0 Å². The lowest BCUT2D eigenvalue weighted by Gasteiger charge is -2.37. The first-order valence-corrected chi connectivity index (χ1v) is 6.91. The minimum Gasteiger partial charge on any atom is -0.480 e. The summed E-state index contributed by atoms with van der Waals surface area (Å²) in [5, 5.41) is 9.43. The fraction of sp³-hybridized carbons (Fsp3) is 0.500. The van der Waals surface area contributed by atoms with Crippen molar-refractivity contribution in [3.8, 4) is 0 Å². The number of likely N-dealkylation sites (tertiary alicyclic amines) is 1. The molecule has 1 fully saturated rings. The maximum atomic E-state index is 12.9. The molecule has 1 aromatic rings. The minimum absolute atomic E-state index is 0.119. The molecule has 1 aromatic carbocycles. The summed E-state index contributed by atoms with van der Waals surface area (Å²) in [6.07, 6.45) is 1.25. The second-order valence-electron chi connectivity index (χ2n) is 6.13. The van der Waals surface area contributed by atoms with Crippen molar-refractivity contribution in [2.24, 2.45) is 0 Å². The van der Waals surface area contributed by atoms with Gasteiger partial charge in [-0.3, -0.25) is 4.79 Å². The molecule has 1 aliphatic heterocycles. The van der Waals surface area contributed by atoms with Crippen molar-refractivity contribution in [2.75, 3.05) is 6.54 Å². The average molecular weight is 275 g/mol. The summed E-state index contributed by atoms with van der Waals surface area (Å²) < 4.78 is 0. The third kappa shape index (κ3) is 2.19. The summed E-state index contributed by atoms with van der Waals surface area (Å²) in [5.41, 5.74) is -0.893. The van der Waals surface area contributed by atoms with Gasteiger partial charge in [0, 0.05) is 6.54 Å². The molecule has 20 heavy (non-hydrogen) atoms. The van der Waals surface area contributed by atoms with Gasteiger partial charge in [-0.2, -0.15) is 0 Å². The van der Waals surface area contributed by atoms with E-state index in [9.17, 15) is 14.7 Å². The van der Waals surface area contributed by atoms with Crippen molar-refractivity contribution in [3.63, 3.8) is 0 Å². The Balaban J connectivity index is 2.34. The van der Waals surface area contributed by atoms with Gasteiger partial charge in [0.05, 0.1) is 5.41 Å². The van der Waals surface area contributed by atoms with Crippen LogP contribution >= 0.6 is 0 Å². The average Bonchev–Trinajstić information content (AvgIpc) is 2.82. The highest BCUT2D eigenvalue weighted by atomic mass is 16.4. The molecule has 0 radical (unpaired) electrons. The lowest BCUT2D eigenvalue weighted by molar-refractivity contribution is -0.157. The molecule has 0 aromatic heterocycles. The number of carboxylic acids is 1. The zero-order valence-corrected chi connectivity index (χ0v) is 12.2. The third-order valence-electron chi connectivity index (χ3n) is 4.38. The monoisotopic (exact) mass is 275 g/mol. The zero-order chi connectivity index (χ0) is 15.0. The Morgan fingerprint density at radius 2 is 1.85 bits per heavy atom. The second-order valence-corrected chi connectivity index (χ2v) is 6.13. The molecule has 1 atom stereocenters. The van der Waals surface area contributed by atoms with Crippen molar-refractivity contribution >= 4 is 11.9 Å². The van der Waals surface area contributed by atoms with Crippen molar-refractivity contribution in [1.29, 1.82) is 0 Å². The van der Waals surface area contributed by atoms with Crippen molar-refractivity contribution in [1.82, 2.24) is 4.90 Å². The summed E-state index contributed by atoms with van der Waals surface area (Å²) in [7, 11) is 0. The largest absolute Gasteiger partial charge is 0.480 e. The van der Waals surface area contributed by atoms with E-state index in [1.807, 2.05) is 44.2 Å². The minimum atomic E-state index is -1.08. The fourth-order valence-corrected chi connectivity index (χ4v) is 2.83. The van der Waals surface area contributed by atoms with Crippen LogP contribution in [0.15, 0.2) is 30.3 Å². The Morgan fingerprint density at radius 3 is 2.40 bits per heavy atom. The predicted octanol–water partition coefficient (Wildman–Crippen LogP) is 2.43. The maximum Gasteiger partial charge on any atom is 0.329 e. The van der Waals surface area contributed by atoms with E-state index in [1.54, 1.807) is 6.92 Å². The van der Waals surface area contributed by atoms with Crippen LogP contribution in [0.2, 0.25) is 0 Å². The van der Waals surface area contributed by atoms with E-state index < -0.39 is 16.9 Å². The summed E-state index contributed by atoms with van der Waals surface area (Å²) in [5.74, 6) is -1.04. The van der Waals surface area contributed by atoms with Crippen LogP contribution in [0.3, 0.4) is 0 Å². The van der Waals surface area contributed by atoms with Gasteiger partial charge in [-0.15, -0.1) is 0 Å². The molecule has 0 spiro atoms. The SMILES string of the molecule is CC(C)(C(=O)N1CCCC1(C)C(=O)O)c1ccccc1. The lowest BCUT2D eigenvalue weighted by Crippen LogP contribution is -2.55. The normalized spacial score (nSPS) is 22.9. The molecule has 4 nitrogen and oxygen atoms in total. The molecule has 1 aliphatic rings. The van der Waals surface area contributed by atoms with E-state index >= 15 is 0 Å². The highest BCUT2D eigenvalue weighted by Gasteiger charge is 2.49. The Kier molecular flexibility index (Phi) is 3.59. The Morgan fingerprint density at radius 1 is 1.25 bits per heavy atom. The standard InChI is InChI=1S/C16H21NO3/c1-15(2,12-8-5-4-6-9-12)13(18)17-11-7-10-16(17,3)14(19)20/h4-6,8-9H,7,10-11H2,1-3H3,(H,19,20). The first-order valence-electron chi connectivity index (χ1n) is 6.91. The summed E-state index contributed by atoms with van der Waals surface area (Å²) >= 11 is 0. The van der Waals surface area contributed by atoms with Gasteiger partial charge < -0.3 is 10.0 Å². The topological polar surface area (TPSA) is 57.6 Å². The number of benzene rings is 1. The van der Waals surface area contributed by atoms with E-state index in [2.05, 4.69) is 0 Å². The van der Waals surface area contributed by atoms with Crippen LogP contribution in [0.5, 0.6) is 0 Å². The van der Waals surface area contributed by atoms with E-state index in [0.717, 1.165) is 12.0 Å². The molecule has 0 aliphatic carbocycles. The summed E-state index contributed by atoms with van der Waals surface area (Å²) in [6, 6.07) is 9.51. The van der Waals surface area contributed by atoms with Crippen molar-refractivity contribution < 1.29 is 14.7 Å². The first kappa shape index (κ1) is 14.6. The molecule has 1 N–H and O–H groups in total. The van der Waals surface area contributed by atoms with Crippen LogP contribution in [0.25, 0.3) is 0 Å². The van der Waals surface area contributed by atoms with Gasteiger partial charge >= 0.3 is 5.97 Å². The molecule has 1 saturated heterocycles. The molecule has 1 unspecified atom stereocenters. The van der Waals surface area contributed by atoms with Gasteiger partial charge in [-0.1, -0.05) is 30.3 Å². The number of carbonyl (C=O) groups is 2. The van der Waals surface area contributed by atoms with Gasteiger partial charge in [0.1, 0.15) is 5.54 Å². The van der Waals surface area contributed by atoms with E-state index in [1.165, 1.54) is 4.90 Å².